The van der Waals surface area contributed by atoms with E-state index in [2.05, 4.69) is 21.2 Å². The normalized spacial score (nSPS) is 13.2. The first-order valence-corrected chi connectivity index (χ1v) is 6.89. The lowest BCUT2D eigenvalue weighted by Gasteiger charge is -2.26. The number of hydrogen-bond acceptors (Lipinski definition) is 3. The number of carbonyl (C=O) groups is 1. The highest BCUT2D eigenvalue weighted by Gasteiger charge is 2.27. The maximum atomic E-state index is 12.1. The minimum atomic E-state index is -0.568. The quantitative estimate of drug-likeness (QED) is 0.893. The summed E-state index contributed by atoms with van der Waals surface area (Å²) < 4.78 is 6.05. The second-order valence-electron chi connectivity index (χ2n) is 5.53. The van der Waals surface area contributed by atoms with Crippen LogP contribution in [0.1, 0.15) is 26.3 Å². The van der Waals surface area contributed by atoms with Crippen molar-refractivity contribution in [2.45, 2.75) is 33.4 Å². The molecule has 4 nitrogen and oxygen atoms in total. The Morgan fingerprint density at radius 1 is 1.47 bits per heavy atom. The van der Waals surface area contributed by atoms with Crippen LogP contribution in [0.15, 0.2) is 22.7 Å². The number of ether oxygens (including phenoxy) is 1. The van der Waals surface area contributed by atoms with E-state index >= 15 is 0 Å². The molecule has 1 aromatic rings. The fraction of sp³-hybridized carbons (Fsp3) is 0.500. The number of halogens is 1. The summed E-state index contributed by atoms with van der Waals surface area (Å²) in [6.07, 6.45) is 0. The highest BCUT2D eigenvalue weighted by Crippen LogP contribution is 2.26. The standard InChI is InChI=1S/C14H21BrN2O2/c1-14(2,3)12(16)13(18)17-11-7-5-6-10(15)9(11)8-19-4/h5-7,12H,8,16H2,1-4H3,(H,17,18). The van der Waals surface area contributed by atoms with Crippen molar-refractivity contribution >= 4 is 27.5 Å². The Labute approximate surface area is 122 Å². The van der Waals surface area contributed by atoms with E-state index in [1.807, 2.05) is 39.0 Å². The summed E-state index contributed by atoms with van der Waals surface area (Å²) >= 11 is 3.45. The average molecular weight is 329 g/mol. The fourth-order valence-corrected chi connectivity index (χ4v) is 2.05. The Kier molecular flexibility index (Phi) is 5.52. The van der Waals surface area contributed by atoms with Crippen LogP contribution in [0.4, 0.5) is 5.69 Å². The molecule has 0 fully saturated rings. The van der Waals surface area contributed by atoms with Crippen LogP contribution in [0, 0.1) is 5.41 Å². The van der Waals surface area contributed by atoms with Crippen LogP contribution in [-0.2, 0) is 16.1 Å². The van der Waals surface area contributed by atoms with Crippen LogP contribution >= 0.6 is 15.9 Å². The van der Waals surface area contributed by atoms with Gasteiger partial charge in [-0.3, -0.25) is 4.79 Å². The van der Waals surface area contributed by atoms with E-state index in [9.17, 15) is 4.79 Å². The molecule has 5 heteroatoms. The summed E-state index contributed by atoms with van der Waals surface area (Å²) in [5, 5.41) is 2.87. The molecule has 0 heterocycles. The van der Waals surface area contributed by atoms with Crippen molar-refractivity contribution in [1.82, 2.24) is 0 Å². The van der Waals surface area contributed by atoms with E-state index in [0.717, 1.165) is 15.7 Å². The molecular weight excluding hydrogens is 308 g/mol. The third-order valence-electron chi connectivity index (χ3n) is 2.88. The zero-order valence-corrected chi connectivity index (χ0v) is 13.4. The first-order valence-electron chi connectivity index (χ1n) is 6.10. The monoisotopic (exact) mass is 328 g/mol. The van der Waals surface area contributed by atoms with Crippen molar-refractivity contribution < 1.29 is 9.53 Å². The number of methoxy groups -OCH3 is 1. The van der Waals surface area contributed by atoms with Crippen molar-refractivity contribution in [3.63, 3.8) is 0 Å². The Morgan fingerprint density at radius 3 is 2.63 bits per heavy atom. The van der Waals surface area contributed by atoms with E-state index in [1.54, 1.807) is 7.11 Å². The smallest absolute Gasteiger partial charge is 0.241 e. The number of hydrogen-bond donors (Lipinski definition) is 2. The number of rotatable bonds is 4. The van der Waals surface area contributed by atoms with E-state index in [-0.39, 0.29) is 11.3 Å². The van der Waals surface area contributed by atoms with Gasteiger partial charge in [0.15, 0.2) is 0 Å². The van der Waals surface area contributed by atoms with Crippen LogP contribution < -0.4 is 11.1 Å². The van der Waals surface area contributed by atoms with Gasteiger partial charge in [-0.15, -0.1) is 0 Å². The second-order valence-corrected chi connectivity index (χ2v) is 6.39. The predicted molar refractivity (Wildman–Crippen MR) is 80.9 cm³/mol. The van der Waals surface area contributed by atoms with Gasteiger partial charge < -0.3 is 15.8 Å². The number of nitrogens with one attached hydrogen (secondary N) is 1. The molecule has 0 spiro atoms. The van der Waals surface area contributed by atoms with E-state index in [4.69, 9.17) is 10.5 Å². The van der Waals surface area contributed by atoms with Gasteiger partial charge in [-0.2, -0.15) is 0 Å². The summed E-state index contributed by atoms with van der Waals surface area (Å²) in [5.41, 5.74) is 7.29. The Balaban J connectivity index is 2.94. The Bertz CT molecular complexity index is 455. The molecule has 1 unspecified atom stereocenters. The maximum absolute atomic E-state index is 12.1. The maximum Gasteiger partial charge on any atom is 0.241 e. The number of amides is 1. The van der Waals surface area contributed by atoms with Crippen molar-refractivity contribution in [2.75, 3.05) is 12.4 Å². The molecular formula is C14H21BrN2O2. The lowest BCUT2D eigenvalue weighted by Crippen LogP contribution is -2.45. The lowest BCUT2D eigenvalue weighted by molar-refractivity contribution is -0.119. The van der Waals surface area contributed by atoms with Gasteiger partial charge in [-0.25, -0.2) is 0 Å². The summed E-state index contributed by atoms with van der Waals surface area (Å²) in [5.74, 6) is -0.192. The molecule has 0 saturated heterocycles. The van der Waals surface area contributed by atoms with Crippen molar-refractivity contribution in [2.24, 2.45) is 11.1 Å². The molecule has 0 saturated carbocycles. The summed E-state index contributed by atoms with van der Waals surface area (Å²) in [6, 6.07) is 5.04. The molecule has 1 aromatic carbocycles. The summed E-state index contributed by atoms with van der Waals surface area (Å²) in [6.45, 7) is 6.23. The molecule has 106 valence electrons. The molecule has 1 rings (SSSR count). The van der Waals surface area contributed by atoms with Gasteiger partial charge >= 0.3 is 0 Å². The predicted octanol–water partition coefficient (Wildman–Crippen LogP) is 2.91. The number of benzene rings is 1. The van der Waals surface area contributed by atoms with Gasteiger partial charge in [0.05, 0.1) is 12.6 Å². The van der Waals surface area contributed by atoms with E-state index < -0.39 is 6.04 Å². The van der Waals surface area contributed by atoms with Crippen molar-refractivity contribution in [3.8, 4) is 0 Å². The van der Waals surface area contributed by atoms with Gasteiger partial charge in [0.25, 0.3) is 0 Å². The van der Waals surface area contributed by atoms with Gasteiger partial charge in [0.1, 0.15) is 0 Å². The molecule has 1 atom stereocenters. The van der Waals surface area contributed by atoms with Crippen LogP contribution in [0.25, 0.3) is 0 Å². The van der Waals surface area contributed by atoms with Gasteiger partial charge in [-0.1, -0.05) is 42.8 Å². The third kappa shape index (κ3) is 4.30. The molecule has 19 heavy (non-hydrogen) atoms. The minimum Gasteiger partial charge on any atom is -0.380 e. The molecule has 0 aromatic heterocycles. The molecule has 0 aliphatic heterocycles. The van der Waals surface area contributed by atoms with Gasteiger partial charge in [-0.05, 0) is 17.5 Å². The Hall–Kier alpha value is -0.910. The van der Waals surface area contributed by atoms with E-state index in [0.29, 0.717) is 6.61 Å². The number of anilines is 1. The van der Waals surface area contributed by atoms with Crippen LogP contribution in [0.3, 0.4) is 0 Å². The molecule has 1 amide bonds. The van der Waals surface area contributed by atoms with Crippen LogP contribution in [0.5, 0.6) is 0 Å². The summed E-state index contributed by atoms with van der Waals surface area (Å²) in [4.78, 5) is 12.1. The van der Waals surface area contributed by atoms with Crippen LogP contribution in [-0.4, -0.2) is 19.1 Å². The van der Waals surface area contributed by atoms with Crippen molar-refractivity contribution in [3.05, 3.63) is 28.2 Å². The first-order chi connectivity index (χ1) is 8.77. The zero-order valence-electron chi connectivity index (χ0n) is 11.8. The van der Waals surface area contributed by atoms with Gasteiger partial charge in [0, 0.05) is 22.8 Å². The van der Waals surface area contributed by atoms with Crippen LogP contribution in [0.2, 0.25) is 0 Å². The third-order valence-corrected chi connectivity index (χ3v) is 3.62. The molecule has 0 bridgehead atoms. The van der Waals surface area contributed by atoms with E-state index in [1.165, 1.54) is 0 Å². The van der Waals surface area contributed by atoms with Gasteiger partial charge in [0.2, 0.25) is 5.91 Å². The summed E-state index contributed by atoms with van der Waals surface area (Å²) in [7, 11) is 1.62. The molecule has 0 radical (unpaired) electrons. The number of carbonyl (C=O) groups excluding carboxylic acids is 1. The largest absolute Gasteiger partial charge is 0.380 e. The average Bonchev–Trinajstić information content (AvgIpc) is 2.31. The lowest BCUT2D eigenvalue weighted by atomic mass is 9.87. The fourth-order valence-electron chi connectivity index (χ4n) is 1.57. The number of nitrogens with two attached hydrogens (primary N) is 1. The molecule has 3 N–H and O–H groups in total. The highest BCUT2D eigenvalue weighted by atomic mass is 79.9. The topological polar surface area (TPSA) is 64.3 Å². The molecule has 0 aliphatic rings. The van der Waals surface area contributed by atoms with Crippen molar-refractivity contribution in [1.29, 1.82) is 0 Å². The SMILES string of the molecule is COCc1c(Br)cccc1NC(=O)C(N)C(C)(C)C. The second kappa shape index (κ2) is 6.50. The highest BCUT2D eigenvalue weighted by molar-refractivity contribution is 9.10. The molecule has 0 aliphatic carbocycles. The first kappa shape index (κ1) is 16.1. The Morgan fingerprint density at radius 2 is 2.11 bits per heavy atom. The minimum absolute atomic E-state index is 0.192. The zero-order chi connectivity index (χ0) is 14.6.